The zero-order valence-corrected chi connectivity index (χ0v) is 21.0. The number of phenols is 2. The van der Waals surface area contributed by atoms with Crippen molar-refractivity contribution in [1.82, 2.24) is 20.4 Å². The van der Waals surface area contributed by atoms with Crippen LogP contribution in [0.2, 0.25) is 0 Å². The Morgan fingerprint density at radius 1 is 0.632 bits per heavy atom. The van der Waals surface area contributed by atoms with E-state index in [0.717, 1.165) is 11.1 Å². The van der Waals surface area contributed by atoms with Gasteiger partial charge in [-0.1, -0.05) is 24.3 Å². The molecular weight excluding hydrogens is 488 g/mol. The molecule has 3 aliphatic heterocycles. The molecule has 2 aromatic rings. The van der Waals surface area contributed by atoms with Crippen molar-refractivity contribution in [2.45, 2.75) is 62.7 Å². The van der Waals surface area contributed by atoms with E-state index in [1.807, 2.05) is 0 Å². The van der Waals surface area contributed by atoms with Crippen LogP contribution in [0.3, 0.4) is 0 Å². The summed E-state index contributed by atoms with van der Waals surface area (Å²) in [6, 6.07) is 9.55. The lowest BCUT2D eigenvalue weighted by atomic mass is 10.0. The van der Waals surface area contributed by atoms with Crippen LogP contribution in [0.1, 0.15) is 36.8 Å². The molecule has 0 unspecified atom stereocenters. The highest BCUT2D eigenvalue weighted by molar-refractivity contribution is 5.98. The summed E-state index contributed by atoms with van der Waals surface area (Å²) >= 11 is 0. The lowest BCUT2D eigenvalue weighted by Crippen LogP contribution is -2.61. The Labute approximate surface area is 220 Å². The molecule has 0 bridgehead atoms. The van der Waals surface area contributed by atoms with Crippen molar-refractivity contribution in [2.24, 2.45) is 0 Å². The minimum absolute atomic E-state index is 0.0982. The predicted molar refractivity (Wildman–Crippen MR) is 137 cm³/mol. The lowest BCUT2D eigenvalue weighted by molar-refractivity contribution is -0.146. The third-order valence-electron chi connectivity index (χ3n) is 7.66. The van der Waals surface area contributed by atoms with Crippen molar-refractivity contribution in [3.05, 3.63) is 59.7 Å². The maximum Gasteiger partial charge on any atom is 0.246 e. The SMILES string of the molecule is O=C1N[C@@H](Cc2ccc(O)cc2)C(=O)N2CCC[C@H]2C(=O)N[C@@H](Cc2ccc(O)cc2)C(=O)N2CCC[C@@H]12. The Hall–Kier alpha value is -4.08. The summed E-state index contributed by atoms with van der Waals surface area (Å²) in [7, 11) is 0. The number of phenolic OH excluding ortho intramolecular Hbond substituents is 2. The van der Waals surface area contributed by atoms with Crippen LogP contribution < -0.4 is 10.6 Å². The number of carbonyl (C=O) groups is 4. The molecule has 3 heterocycles. The van der Waals surface area contributed by atoms with Gasteiger partial charge in [0, 0.05) is 25.9 Å². The summed E-state index contributed by atoms with van der Waals surface area (Å²) in [6.07, 6.45) is 2.58. The number of rotatable bonds is 4. The largest absolute Gasteiger partial charge is 0.508 e. The Bertz CT molecular complexity index is 1120. The van der Waals surface area contributed by atoms with Gasteiger partial charge >= 0.3 is 0 Å². The van der Waals surface area contributed by atoms with E-state index in [-0.39, 0.29) is 48.0 Å². The topological polar surface area (TPSA) is 139 Å². The molecule has 5 rings (SSSR count). The van der Waals surface area contributed by atoms with Crippen molar-refractivity contribution in [3.8, 4) is 11.5 Å². The van der Waals surface area contributed by atoms with Crippen LogP contribution in [-0.4, -0.2) is 80.9 Å². The molecule has 10 nitrogen and oxygen atoms in total. The molecule has 10 heteroatoms. The fourth-order valence-corrected chi connectivity index (χ4v) is 5.68. The molecule has 0 aliphatic carbocycles. The molecule has 0 aromatic heterocycles. The number of carbonyl (C=O) groups excluding carboxylic acids is 4. The number of hydrogen-bond acceptors (Lipinski definition) is 6. The van der Waals surface area contributed by atoms with Gasteiger partial charge in [-0.3, -0.25) is 19.2 Å². The minimum Gasteiger partial charge on any atom is -0.508 e. The number of nitrogens with one attached hydrogen (secondary N) is 2. The second kappa shape index (κ2) is 10.7. The third-order valence-corrected chi connectivity index (χ3v) is 7.66. The van der Waals surface area contributed by atoms with Crippen molar-refractivity contribution in [2.75, 3.05) is 13.1 Å². The highest BCUT2D eigenvalue weighted by Crippen LogP contribution is 2.25. The number of nitrogens with zero attached hydrogens (tertiary/aromatic N) is 2. The summed E-state index contributed by atoms with van der Waals surface area (Å²) in [4.78, 5) is 57.5. The van der Waals surface area contributed by atoms with E-state index in [1.165, 1.54) is 34.1 Å². The summed E-state index contributed by atoms with van der Waals surface area (Å²) < 4.78 is 0. The fourth-order valence-electron chi connectivity index (χ4n) is 5.68. The molecule has 0 saturated carbocycles. The van der Waals surface area contributed by atoms with Crippen LogP contribution in [0.4, 0.5) is 0 Å². The van der Waals surface area contributed by atoms with E-state index < -0.39 is 24.2 Å². The Morgan fingerprint density at radius 2 is 1.00 bits per heavy atom. The van der Waals surface area contributed by atoms with E-state index >= 15 is 0 Å². The summed E-state index contributed by atoms with van der Waals surface area (Å²) in [6.45, 7) is 0.760. The molecule has 4 amide bonds. The first kappa shape index (κ1) is 25.6. The number of aromatic hydroxyl groups is 2. The number of amides is 4. The van der Waals surface area contributed by atoms with E-state index in [1.54, 1.807) is 24.3 Å². The minimum atomic E-state index is -0.912. The predicted octanol–water partition coefficient (Wildman–Crippen LogP) is 0.848. The number of fused-ring (bicyclic) bond motifs is 2. The molecule has 0 radical (unpaired) electrons. The van der Waals surface area contributed by atoms with Crippen molar-refractivity contribution < 1.29 is 29.4 Å². The first-order chi connectivity index (χ1) is 18.3. The average Bonchev–Trinajstić information content (AvgIpc) is 3.59. The summed E-state index contributed by atoms with van der Waals surface area (Å²) in [5.74, 6) is -1.26. The van der Waals surface area contributed by atoms with Gasteiger partial charge in [-0.15, -0.1) is 0 Å². The van der Waals surface area contributed by atoms with Gasteiger partial charge in [0.25, 0.3) is 0 Å². The third kappa shape index (κ3) is 5.29. The summed E-state index contributed by atoms with van der Waals surface area (Å²) in [5.41, 5.74) is 1.50. The molecule has 3 saturated heterocycles. The van der Waals surface area contributed by atoms with Crippen molar-refractivity contribution in [1.29, 1.82) is 0 Å². The molecule has 200 valence electrons. The average molecular weight is 521 g/mol. The quantitative estimate of drug-likeness (QED) is 0.471. The molecule has 3 aliphatic rings. The second-order valence-corrected chi connectivity index (χ2v) is 10.2. The van der Waals surface area contributed by atoms with Crippen LogP contribution >= 0.6 is 0 Å². The molecule has 4 atom stereocenters. The van der Waals surface area contributed by atoms with Crippen molar-refractivity contribution >= 4 is 23.6 Å². The number of hydrogen-bond donors (Lipinski definition) is 4. The Kier molecular flexibility index (Phi) is 7.22. The lowest BCUT2D eigenvalue weighted by Gasteiger charge is -2.34. The Balaban J connectivity index is 1.46. The second-order valence-electron chi connectivity index (χ2n) is 10.2. The molecule has 2 aromatic carbocycles. The molecule has 4 N–H and O–H groups in total. The van der Waals surface area contributed by atoms with Gasteiger partial charge in [0.1, 0.15) is 35.7 Å². The Morgan fingerprint density at radius 3 is 1.37 bits per heavy atom. The van der Waals surface area contributed by atoms with Crippen LogP contribution in [0.15, 0.2) is 48.5 Å². The van der Waals surface area contributed by atoms with Crippen molar-refractivity contribution in [3.63, 3.8) is 0 Å². The number of benzene rings is 2. The highest BCUT2D eigenvalue weighted by atomic mass is 16.3. The molecule has 3 fully saturated rings. The van der Waals surface area contributed by atoms with E-state index in [2.05, 4.69) is 10.6 Å². The van der Waals surface area contributed by atoms with Crippen LogP contribution in [-0.2, 0) is 32.0 Å². The molecule has 38 heavy (non-hydrogen) atoms. The van der Waals surface area contributed by atoms with Gasteiger partial charge in [0.2, 0.25) is 23.6 Å². The van der Waals surface area contributed by atoms with Crippen LogP contribution in [0.25, 0.3) is 0 Å². The van der Waals surface area contributed by atoms with Crippen LogP contribution in [0.5, 0.6) is 11.5 Å². The first-order valence-corrected chi connectivity index (χ1v) is 13.1. The van der Waals surface area contributed by atoms with Gasteiger partial charge in [-0.2, -0.15) is 0 Å². The monoisotopic (exact) mass is 520 g/mol. The first-order valence-electron chi connectivity index (χ1n) is 13.1. The highest BCUT2D eigenvalue weighted by Gasteiger charge is 2.43. The maximum absolute atomic E-state index is 13.7. The normalized spacial score (nSPS) is 26.2. The van der Waals surface area contributed by atoms with Gasteiger partial charge in [-0.05, 0) is 61.1 Å². The molecular formula is C28H32N4O6. The van der Waals surface area contributed by atoms with E-state index in [9.17, 15) is 29.4 Å². The standard InChI is InChI=1S/C28H32N4O6/c33-19-9-5-17(6-10-19)15-21-27(37)31-13-1-3-23(31)25(35)29-22(16-18-7-11-20(34)12-8-18)28(38)32-14-2-4-24(32)26(36)30-21/h5-12,21-24,33-34H,1-4,13-16H2,(H,29,35)(H,30,36)/t21-,22-,23-,24-/m0/s1. The van der Waals surface area contributed by atoms with E-state index in [4.69, 9.17) is 0 Å². The van der Waals surface area contributed by atoms with Gasteiger partial charge in [0.05, 0.1) is 0 Å². The fraction of sp³-hybridized carbons (Fsp3) is 0.429. The zero-order chi connectivity index (χ0) is 26.8. The van der Waals surface area contributed by atoms with Gasteiger partial charge in [0.15, 0.2) is 0 Å². The van der Waals surface area contributed by atoms with Crippen LogP contribution in [0, 0.1) is 0 Å². The summed E-state index contributed by atoms with van der Waals surface area (Å²) in [5, 5.41) is 25.1. The van der Waals surface area contributed by atoms with Gasteiger partial charge < -0.3 is 30.6 Å². The molecule has 0 spiro atoms. The van der Waals surface area contributed by atoms with Gasteiger partial charge in [-0.25, -0.2) is 0 Å². The van der Waals surface area contributed by atoms with E-state index in [0.29, 0.717) is 38.8 Å². The maximum atomic E-state index is 13.7. The zero-order valence-electron chi connectivity index (χ0n) is 21.0. The smallest absolute Gasteiger partial charge is 0.246 e.